The van der Waals surface area contributed by atoms with Gasteiger partial charge in [0, 0.05) is 12.7 Å². The molecule has 2 unspecified atom stereocenters. The zero-order chi connectivity index (χ0) is 21.1. The number of hydrogen-bond acceptors (Lipinski definition) is 5. The van der Waals surface area contributed by atoms with Gasteiger partial charge in [0.1, 0.15) is 23.8 Å². The van der Waals surface area contributed by atoms with E-state index in [1.54, 1.807) is 12.0 Å². The molecule has 0 aromatic heterocycles. The first kappa shape index (κ1) is 20.8. The minimum Gasteiger partial charge on any atom is -0.486 e. The fourth-order valence-electron chi connectivity index (χ4n) is 3.40. The number of carbonyl (C=O) groups excluding carboxylic acids is 2. The Hall–Kier alpha value is -2.93. The van der Waals surface area contributed by atoms with E-state index >= 15 is 0 Å². The molecule has 0 spiro atoms. The first-order valence-electron chi connectivity index (χ1n) is 9.28. The lowest BCUT2D eigenvalue weighted by Crippen LogP contribution is -2.32. The van der Waals surface area contributed by atoms with E-state index in [4.69, 9.17) is 9.47 Å². The largest absolute Gasteiger partial charge is 0.486 e. The van der Waals surface area contributed by atoms with Crippen LogP contribution in [0.25, 0.3) is 0 Å². The normalized spacial score (nSPS) is 18.6. The van der Waals surface area contributed by atoms with Gasteiger partial charge in [-0.3, -0.25) is 4.79 Å². The molecule has 0 bridgehead atoms. The standard InChI is InChI=1S/C22H24FNO5/c1-13-5-6-14(2)16(9-13)21(25)24-11-19(27-3)20(12-24)29-15-7-8-18(23)17(10-15)22(26)28-4/h5-10,19-20H,11-12H2,1-4H3. The number of nitrogens with zero attached hydrogens (tertiary/aromatic N) is 1. The Labute approximate surface area is 169 Å². The van der Waals surface area contributed by atoms with Crippen LogP contribution in [-0.2, 0) is 9.47 Å². The summed E-state index contributed by atoms with van der Waals surface area (Å²) in [6, 6.07) is 9.64. The maximum atomic E-state index is 13.9. The molecule has 1 aliphatic rings. The van der Waals surface area contributed by atoms with E-state index in [1.165, 1.54) is 19.2 Å². The van der Waals surface area contributed by atoms with E-state index in [0.717, 1.165) is 17.2 Å². The lowest BCUT2D eigenvalue weighted by atomic mass is 10.0. The Bertz CT molecular complexity index is 929. The van der Waals surface area contributed by atoms with Gasteiger partial charge < -0.3 is 19.1 Å². The van der Waals surface area contributed by atoms with Gasteiger partial charge in [-0.15, -0.1) is 0 Å². The first-order valence-corrected chi connectivity index (χ1v) is 9.28. The Balaban J connectivity index is 1.78. The number of hydrogen-bond donors (Lipinski definition) is 0. The fourth-order valence-corrected chi connectivity index (χ4v) is 3.40. The van der Waals surface area contributed by atoms with Crippen molar-refractivity contribution in [2.24, 2.45) is 0 Å². The monoisotopic (exact) mass is 401 g/mol. The number of likely N-dealkylation sites (tertiary alicyclic amines) is 1. The highest BCUT2D eigenvalue weighted by Gasteiger charge is 2.38. The highest BCUT2D eigenvalue weighted by molar-refractivity contribution is 5.96. The molecule has 2 aromatic carbocycles. The second kappa shape index (κ2) is 8.61. The van der Waals surface area contributed by atoms with E-state index < -0.39 is 17.9 Å². The lowest BCUT2D eigenvalue weighted by Gasteiger charge is -2.19. The molecule has 0 radical (unpaired) electrons. The van der Waals surface area contributed by atoms with Crippen molar-refractivity contribution in [3.05, 3.63) is 64.5 Å². The number of carbonyl (C=O) groups is 2. The summed E-state index contributed by atoms with van der Waals surface area (Å²) in [5.74, 6) is -1.26. The minimum atomic E-state index is -0.783. The molecule has 2 aromatic rings. The predicted molar refractivity (Wildman–Crippen MR) is 105 cm³/mol. The molecule has 0 aliphatic carbocycles. The van der Waals surface area contributed by atoms with E-state index in [0.29, 0.717) is 24.4 Å². The van der Waals surface area contributed by atoms with Crippen LogP contribution in [0, 0.1) is 19.7 Å². The molecule has 0 saturated carbocycles. The number of halogens is 1. The third-order valence-corrected chi connectivity index (χ3v) is 5.06. The highest BCUT2D eigenvalue weighted by atomic mass is 19.1. The molecule has 1 saturated heterocycles. The molecule has 1 heterocycles. The summed E-state index contributed by atoms with van der Waals surface area (Å²) in [5.41, 5.74) is 2.35. The van der Waals surface area contributed by atoms with Crippen LogP contribution in [-0.4, -0.2) is 56.3 Å². The molecular formula is C22H24FNO5. The van der Waals surface area contributed by atoms with Crippen molar-refractivity contribution in [3.63, 3.8) is 0 Å². The molecule has 3 rings (SSSR count). The number of benzene rings is 2. The van der Waals surface area contributed by atoms with Gasteiger partial charge in [-0.05, 0) is 43.7 Å². The summed E-state index contributed by atoms with van der Waals surface area (Å²) in [6.07, 6.45) is -0.805. The topological polar surface area (TPSA) is 65.1 Å². The Morgan fingerprint density at radius 2 is 1.72 bits per heavy atom. The van der Waals surface area contributed by atoms with Crippen molar-refractivity contribution in [2.75, 3.05) is 27.3 Å². The average molecular weight is 401 g/mol. The molecule has 1 aliphatic heterocycles. The zero-order valence-corrected chi connectivity index (χ0v) is 16.9. The quantitative estimate of drug-likeness (QED) is 0.720. The highest BCUT2D eigenvalue weighted by Crippen LogP contribution is 2.25. The predicted octanol–water partition coefficient (Wildman–Crippen LogP) is 3.15. The molecule has 6 nitrogen and oxygen atoms in total. The van der Waals surface area contributed by atoms with Crippen LogP contribution >= 0.6 is 0 Å². The molecule has 7 heteroatoms. The number of rotatable bonds is 5. The van der Waals surface area contributed by atoms with Gasteiger partial charge in [-0.1, -0.05) is 17.7 Å². The van der Waals surface area contributed by atoms with Crippen molar-refractivity contribution < 1.29 is 28.2 Å². The van der Waals surface area contributed by atoms with Crippen LogP contribution in [0.1, 0.15) is 31.8 Å². The van der Waals surface area contributed by atoms with Gasteiger partial charge in [0.25, 0.3) is 5.91 Å². The number of ether oxygens (including phenoxy) is 3. The average Bonchev–Trinajstić information content (AvgIpc) is 3.12. The summed E-state index contributed by atoms with van der Waals surface area (Å²) in [4.78, 5) is 26.4. The Morgan fingerprint density at radius 3 is 2.41 bits per heavy atom. The fraction of sp³-hybridized carbons (Fsp3) is 0.364. The Kier molecular flexibility index (Phi) is 6.17. The van der Waals surface area contributed by atoms with Gasteiger partial charge in [-0.25, -0.2) is 9.18 Å². The number of esters is 1. The number of aryl methyl sites for hydroxylation is 2. The van der Waals surface area contributed by atoms with E-state index in [2.05, 4.69) is 4.74 Å². The SMILES string of the molecule is COC(=O)c1cc(OC2CN(C(=O)c3cc(C)ccc3C)CC2OC)ccc1F. The van der Waals surface area contributed by atoms with Gasteiger partial charge in [0.05, 0.1) is 25.8 Å². The maximum absolute atomic E-state index is 13.9. The second-order valence-corrected chi connectivity index (χ2v) is 7.09. The first-order chi connectivity index (χ1) is 13.8. The molecule has 1 amide bonds. The summed E-state index contributed by atoms with van der Waals surface area (Å²) in [7, 11) is 2.74. The summed E-state index contributed by atoms with van der Waals surface area (Å²) < 4.78 is 29.9. The van der Waals surface area contributed by atoms with Crippen molar-refractivity contribution in [1.29, 1.82) is 0 Å². The van der Waals surface area contributed by atoms with Crippen molar-refractivity contribution >= 4 is 11.9 Å². The van der Waals surface area contributed by atoms with Crippen LogP contribution in [0.15, 0.2) is 36.4 Å². The van der Waals surface area contributed by atoms with Gasteiger partial charge >= 0.3 is 5.97 Å². The van der Waals surface area contributed by atoms with E-state index in [-0.39, 0.29) is 17.6 Å². The third-order valence-electron chi connectivity index (χ3n) is 5.06. The van der Waals surface area contributed by atoms with Crippen molar-refractivity contribution in [2.45, 2.75) is 26.1 Å². The van der Waals surface area contributed by atoms with E-state index in [1.807, 2.05) is 32.0 Å². The van der Waals surface area contributed by atoms with Crippen LogP contribution in [0.3, 0.4) is 0 Å². The minimum absolute atomic E-state index is 0.0892. The van der Waals surface area contributed by atoms with Gasteiger partial charge in [-0.2, -0.15) is 0 Å². The Morgan fingerprint density at radius 1 is 1.00 bits per heavy atom. The second-order valence-electron chi connectivity index (χ2n) is 7.09. The summed E-state index contributed by atoms with van der Waals surface area (Å²) >= 11 is 0. The smallest absolute Gasteiger partial charge is 0.340 e. The van der Waals surface area contributed by atoms with Crippen LogP contribution < -0.4 is 4.74 Å². The van der Waals surface area contributed by atoms with Crippen LogP contribution in [0.4, 0.5) is 4.39 Å². The van der Waals surface area contributed by atoms with E-state index in [9.17, 15) is 14.0 Å². The molecule has 29 heavy (non-hydrogen) atoms. The van der Waals surface area contributed by atoms with Crippen LogP contribution in [0.5, 0.6) is 5.75 Å². The lowest BCUT2D eigenvalue weighted by molar-refractivity contribution is 0.0338. The molecule has 1 fully saturated rings. The third kappa shape index (κ3) is 4.40. The van der Waals surface area contributed by atoms with Crippen molar-refractivity contribution in [3.8, 4) is 5.75 Å². The molecule has 2 atom stereocenters. The molecular weight excluding hydrogens is 377 g/mol. The summed E-state index contributed by atoms with van der Waals surface area (Å²) in [5, 5.41) is 0. The van der Waals surface area contributed by atoms with Gasteiger partial charge in [0.2, 0.25) is 0 Å². The molecule has 154 valence electrons. The zero-order valence-electron chi connectivity index (χ0n) is 16.9. The summed E-state index contributed by atoms with van der Waals surface area (Å²) in [6.45, 7) is 4.53. The molecule has 0 N–H and O–H groups in total. The number of methoxy groups -OCH3 is 2. The van der Waals surface area contributed by atoms with Crippen LogP contribution in [0.2, 0.25) is 0 Å². The number of amides is 1. The van der Waals surface area contributed by atoms with Gasteiger partial charge in [0.15, 0.2) is 0 Å². The van der Waals surface area contributed by atoms with Crippen molar-refractivity contribution in [1.82, 2.24) is 4.90 Å². The maximum Gasteiger partial charge on any atom is 0.340 e.